The summed E-state index contributed by atoms with van der Waals surface area (Å²) in [6.07, 6.45) is 0. The van der Waals surface area contributed by atoms with Gasteiger partial charge in [0.15, 0.2) is 0 Å². The number of carbonyl (C=O) groups excluding carboxylic acids is 1. The van der Waals surface area contributed by atoms with Crippen molar-refractivity contribution in [2.45, 2.75) is 32.9 Å². The van der Waals surface area contributed by atoms with E-state index in [1.165, 1.54) is 0 Å². The zero-order valence-electron chi connectivity index (χ0n) is 11.5. The van der Waals surface area contributed by atoms with Gasteiger partial charge in [-0.1, -0.05) is 26.0 Å². The molecular weight excluding hydrogens is 228 g/mol. The standard InChI is InChI=1S/C14H22N2O2/c1-10(2)15-9-14(17)16-11(3)12-6-5-7-13(8-12)18-4/h5-8,10-11,15H,9H2,1-4H3,(H,16,17)/t11-/m1/s1. The van der Waals surface area contributed by atoms with Crippen LogP contribution in [0, 0.1) is 0 Å². The lowest BCUT2D eigenvalue weighted by molar-refractivity contribution is -0.121. The van der Waals surface area contributed by atoms with E-state index in [1.807, 2.05) is 45.0 Å². The average Bonchev–Trinajstić information content (AvgIpc) is 2.36. The molecule has 0 fully saturated rings. The molecule has 0 spiro atoms. The van der Waals surface area contributed by atoms with Crippen LogP contribution < -0.4 is 15.4 Å². The van der Waals surface area contributed by atoms with Crippen molar-refractivity contribution in [1.82, 2.24) is 10.6 Å². The number of benzene rings is 1. The molecule has 2 N–H and O–H groups in total. The van der Waals surface area contributed by atoms with Gasteiger partial charge < -0.3 is 15.4 Å². The van der Waals surface area contributed by atoms with Crippen LogP contribution in [0.25, 0.3) is 0 Å². The van der Waals surface area contributed by atoms with Crippen molar-refractivity contribution in [2.75, 3.05) is 13.7 Å². The predicted octanol–water partition coefficient (Wildman–Crippen LogP) is 1.87. The Balaban J connectivity index is 2.53. The molecule has 0 radical (unpaired) electrons. The van der Waals surface area contributed by atoms with Crippen molar-refractivity contribution < 1.29 is 9.53 Å². The molecule has 18 heavy (non-hydrogen) atoms. The molecule has 0 bridgehead atoms. The number of nitrogens with one attached hydrogen (secondary N) is 2. The SMILES string of the molecule is COc1cccc([C@@H](C)NC(=O)CNC(C)C)c1. The Morgan fingerprint density at radius 2 is 2.06 bits per heavy atom. The van der Waals surface area contributed by atoms with Gasteiger partial charge in [0.05, 0.1) is 19.7 Å². The topological polar surface area (TPSA) is 50.4 Å². The maximum atomic E-state index is 11.7. The van der Waals surface area contributed by atoms with Crippen LogP contribution in [0.3, 0.4) is 0 Å². The summed E-state index contributed by atoms with van der Waals surface area (Å²) in [5.41, 5.74) is 1.03. The fourth-order valence-electron chi connectivity index (χ4n) is 1.58. The van der Waals surface area contributed by atoms with E-state index in [1.54, 1.807) is 7.11 Å². The molecule has 0 aliphatic carbocycles. The van der Waals surface area contributed by atoms with Crippen LogP contribution in [0.5, 0.6) is 5.75 Å². The molecule has 1 atom stereocenters. The van der Waals surface area contributed by atoms with Crippen molar-refractivity contribution in [3.05, 3.63) is 29.8 Å². The van der Waals surface area contributed by atoms with E-state index in [0.717, 1.165) is 11.3 Å². The molecule has 1 aromatic rings. The minimum absolute atomic E-state index is 0.000908. The third kappa shape index (κ3) is 4.75. The van der Waals surface area contributed by atoms with Gasteiger partial charge >= 0.3 is 0 Å². The van der Waals surface area contributed by atoms with Crippen molar-refractivity contribution in [3.8, 4) is 5.75 Å². The highest BCUT2D eigenvalue weighted by Gasteiger charge is 2.10. The minimum Gasteiger partial charge on any atom is -0.497 e. The molecule has 1 rings (SSSR count). The molecule has 100 valence electrons. The lowest BCUT2D eigenvalue weighted by Gasteiger charge is -2.16. The molecule has 1 amide bonds. The van der Waals surface area contributed by atoms with Gasteiger partial charge in [0.1, 0.15) is 5.75 Å². The van der Waals surface area contributed by atoms with Gasteiger partial charge in [0.25, 0.3) is 0 Å². The minimum atomic E-state index is -0.0263. The number of rotatable bonds is 6. The number of methoxy groups -OCH3 is 1. The Kier molecular flexibility index (Phi) is 5.65. The third-order valence-corrected chi connectivity index (χ3v) is 2.64. The average molecular weight is 250 g/mol. The smallest absolute Gasteiger partial charge is 0.234 e. The van der Waals surface area contributed by atoms with Crippen LogP contribution in [0.15, 0.2) is 24.3 Å². The Labute approximate surface area is 109 Å². The Bertz CT molecular complexity index is 391. The van der Waals surface area contributed by atoms with Crippen molar-refractivity contribution in [3.63, 3.8) is 0 Å². The number of carbonyl (C=O) groups is 1. The molecule has 1 aromatic carbocycles. The summed E-state index contributed by atoms with van der Waals surface area (Å²) >= 11 is 0. The normalized spacial score (nSPS) is 12.3. The van der Waals surface area contributed by atoms with E-state index >= 15 is 0 Å². The quantitative estimate of drug-likeness (QED) is 0.810. The highest BCUT2D eigenvalue weighted by Crippen LogP contribution is 2.18. The van der Waals surface area contributed by atoms with Crippen LogP contribution in [-0.4, -0.2) is 25.6 Å². The summed E-state index contributed by atoms with van der Waals surface area (Å²) in [5, 5.41) is 6.03. The number of ether oxygens (including phenoxy) is 1. The lowest BCUT2D eigenvalue weighted by Crippen LogP contribution is -2.37. The monoisotopic (exact) mass is 250 g/mol. The largest absolute Gasteiger partial charge is 0.497 e. The van der Waals surface area contributed by atoms with Gasteiger partial charge in [-0.3, -0.25) is 4.79 Å². The molecule has 0 aliphatic rings. The fraction of sp³-hybridized carbons (Fsp3) is 0.500. The predicted molar refractivity (Wildman–Crippen MR) is 72.7 cm³/mol. The van der Waals surface area contributed by atoms with Gasteiger partial charge in [-0.2, -0.15) is 0 Å². The van der Waals surface area contributed by atoms with Crippen molar-refractivity contribution in [2.24, 2.45) is 0 Å². The molecule has 0 aliphatic heterocycles. The van der Waals surface area contributed by atoms with Gasteiger partial charge in [-0.25, -0.2) is 0 Å². The second kappa shape index (κ2) is 7.01. The summed E-state index contributed by atoms with van der Waals surface area (Å²) in [6, 6.07) is 8.00. The van der Waals surface area contributed by atoms with Crippen LogP contribution >= 0.6 is 0 Å². The lowest BCUT2D eigenvalue weighted by atomic mass is 10.1. The molecule has 0 unspecified atom stereocenters. The van der Waals surface area contributed by atoms with E-state index in [-0.39, 0.29) is 11.9 Å². The van der Waals surface area contributed by atoms with Crippen LogP contribution in [0.1, 0.15) is 32.4 Å². The Hall–Kier alpha value is -1.55. The van der Waals surface area contributed by atoms with E-state index in [0.29, 0.717) is 12.6 Å². The van der Waals surface area contributed by atoms with Gasteiger partial charge in [0, 0.05) is 6.04 Å². The summed E-state index contributed by atoms with van der Waals surface area (Å²) in [7, 11) is 1.63. The second-order valence-corrected chi connectivity index (χ2v) is 4.60. The molecule has 4 nitrogen and oxygen atoms in total. The van der Waals surface area contributed by atoms with Crippen LogP contribution in [0.4, 0.5) is 0 Å². The van der Waals surface area contributed by atoms with Crippen molar-refractivity contribution in [1.29, 1.82) is 0 Å². The second-order valence-electron chi connectivity index (χ2n) is 4.60. The number of amides is 1. The number of hydrogen-bond donors (Lipinski definition) is 2. The highest BCUT2D eigenvalue weighted by molar-refractivity contribution is 5.78. The summed E-state index contributed by atoms with van der Waals surface area (Å²) in [4.78, 5) is 11.7. The molecule has 4 heteroatoms. The van der Waals surface area contributed by atoms with E-state index in [2.05, 4.69) is 10.6 Å². The first-order chi connectivity index (χ1) is 8.52. The first-order valence-corrected chi connectivity index (χ1v) is 6.19. The summed E-state index contributed by atoms with van der Waals surface area (Å²) in [6.45, 7) is 6.32. The molecule has 0 heterocycles. The first kappa shape index (κ1) is 14.5. The molecule has 0 saturated carbocycles. The van der Waals surface area contributed by atoms with E-state index < -0.39 is 0 Å². The fourth-order valence-corrected chi connectivity index (χ4v) is 1.58. The number of hydrogen-bond acceptors (Lipinski definition) is 3. The maximum absolute atomic E-state index is 11.7. The molecular formula is C14H22N2O2. The Morgan fingerprint density at radius 1 is 1.33 bits per heavy atom. The highest BCUT2D eigenvalue weighted by atomic mass is 16.5. The van der Waals surface area contributed by atoms with Gasteiger partial charge in [0.2, 0.25) is 5.91 Å². The van der Waals surface area contributed by atoms with E-state index in [4.69, 9.17) is 4.74 Å². The molecule has 0 saturated heterocycles. The van der Waals surface area contributed by atoms with Crippen LogP contribution in [0.2, 0.25) is 0 Å². The summed E-state index contributed by atoms with van der Waals surface area (Å²) in [5.74, 6) is 0.799. The van der Waals surface area contributed by atoms with Gasteiger partial charge in [-0.15, -0.1) is 0 Å². The summed E-state index contributed by atoms with van der Waals surface area (Å²) < 4.78 is 5.16. The van der Waals surface area contributed by atoms with Crippen molar-refractivity contribution >= 4 is 5.91 Å². The zero-order valence-corrected chi connectivity index (χ0v) is 11.5. The maximum Gasteiger partial charge on any atom is 0.234 e. The van der Waals surface area contributed by atoms with E-state index in [9.17, 15) is 4.79 Å². The zero-order chi connectivity index (χ0) is 13.5. The van der Waals surface area contributed by atoms with Crippen LogP contribution in [-0.2, 0) is 4.79 Å². The first-order valence-electron chi connectivity index (χ1n) is 6.19. The third-order valence-electron chi connectivity index (χ3n) is 2.64. The Morgan fingerprint density at radius 3 is 2.67 bits per heavy atom. The van der Waals surface area contributed by atoms with Gasteiger partial charge in [-0.05, 0) is 24.6 Å². The molecule has 0 aromatic heterocycles.